The fraction of sp³-hybridized carbons (Fsp3) is 0.600. The molecule has 112 valence electrons. The van der Waals surface area contributed by atoms with Gasteiger partial charge in [0.05, 0.1) is 24.4 Å². The Labute approximate surface area is 118 Å². The molecule has 0 radical (unpaired) electrons. The van der Waals surface area contributed by atoms with Crippen molar-refractivity contribution in [2.75, 3.05) is 24.6 Å². The number of aliphatic hydroxyl groups excluding tert-OH is 2. The van der Waals surface area contributed by atoms with E-state index in [1.165, 1.54) is 6.07 Å². The van der Waals surface area contributed by atoms with Crippen LogP contribution in [0.25, 0.3) is 0 Å². The summed E-state index contributed by atoms with van der Waals surface area (Å²) in [7, 11) is 0. The van der Waals surface area contributed by atoms with Crippen molar-refractivity contribution in [3.8, 4) is 0 Å². The third-order valence-electron chi connectivity index (χ3n) is 3.47. The minimum atomic E-state index is -0.885. The van der Waals surface area contributed by atoms with Crippen LogP contribution < -0.4 is 4.90 Å². The molecular formula is C15H22FNO3. The van der Waals surface area contributed by atoms with Crippen LogP contribution in [0.4, 0.5) is 10.1 Å². The highest BCUT2D eigenvalue weighted by atomic mass is 19.1. The van der Waals surface area contributed by atoms with E-state index in [1.54, 1.807) is 19.1 Å². The molecule has 1 aliphatic heterocycles. The maximum absolute atomic E-state index is 14.0. The van der Waals surface area contributed by atoms with Crippen molar-refractivity contribution in [2.45, 2.75) is 38.6 Å². The van der Waals surface area contributed by atoms with Gasteiger partial charge in [0.15, 0.2) is 0 Å². The number of aliphatic hydroxyl groups is 2. The van der Waals surface area contributed by atoms with Crippen molar-refractivity contribution in [3.63, 3.8) is 0 Å². The summed E-state index contributed by atoms with van der Waals surface area (Å²) in [5.74, 6) is -0.414. The number of benzene rings is 1. The molecule has 2 N–H and O–H groups in total. The summed E-state index contributed by atoms with van der Waals surface area (Å²) >= 11 is 0. The van der Waals surface area contributed by atoms with Gasteiger partial charge in [-0.15, -0.1) is 0 Å². The molecule has 1 aromatic rings. The zero-order valence-electron chi connectivity index (χ0n) is 12.1. The Kier molecular flexibility index (Phi) is 4.32. The van der Waals surface area contributed by atoms with Gasteiger partial charge in [-0.3, -0.25) is 0 Å². The quantitative estimate of drug-likeness (QED) is 0.889. The maximum Gasteiger partial charge on any atom is 0.131 e. The number of halogens is 1. The second kappa shape index (κ2) is 5.68. The SMILES string of the molecule is CC(O)c1c(F)cccc1N1CC(CO)OC(C)(C)C1. The van der Waals surface area contributed by atoms with E-state index in [2.05, 4.69) is 0 Å². The first-order valence-electron chi connectivity index (χ1n) is 6.84. The third-order valence-corrected chi connectivity index (χ3v) is 3.47. The molecule has 1 saturated heterocycles. The lowest BCUT2D eigenvalue weighted by atomic mass is 10.0. The van der Waals surface area contributed by atoms with Crippen LogP contribution >= 0.6 is 0 Å². The largest absolute Gasteiger partial charge is 0.394 e. The smallest absolute Gasteiger partial charge is 0.131 e. The van der Waals surface area contributed by atoms with Gasteiger partial charge in [-0.25, -0.2) is 4.39 Å². The zero-order chi connectivity index (χ0) is 14.9. The van der Waals surface area contributed by atoms with Crippen LogP contribution in [-0.2, 0) is 4.74 Å². The minimum absolute atomic E-state index is 0.0841. The van der Waals surface area contributed by atoms with E-state index in [4.69, 9.17) is 4.74 Å². The van der Waals surface area contributed by atoms with E-state index in [0.29, 0.717) is 24.3 Å². The molecule has 0 bridgehead atoms. The lowest BCUT2D eigenvalue weighted by Gasteiger charge is -2.44. The molecule has 2 atom stereocenters. The van der Waals surface area contributed by atoms with Crippen LogP contribution in [-0.4, -0.2) is 41.6 Å². The average molecular weight is 283 g/mol. The number of rotatable bonds is 3. The van der Waals surface area contributed by atoms with Crippen LogP contribution in [0.1, 0.15) is 32.4 Å². The van der Waals surface area contributed by atoms with Crippen LogP contribution in [0, 0.1) is 5.82 Å². The number of anilines is 1. The topological polar surface area (TPSA) is 52.9 Å². The second-order valence-electron chi connectivity index (χ2n) is 5.91. The summed E-state index contributed by atoms with van der Waals surface area (Å²) < 4.78 is 19.7. The van der Waals surface area contributed by atoms with Gasteiger partial charge in [-0.05, 0) is 32.9 Å². The maximum atomic E-state index is 14.0. The van der Waals surface area contributed by atoms with E-state index in [1.807, 2.05) is 18.7 Å². The molecule has 0 amide bonds. The van der Waals surface area contributed by atoms with Crippen LogP contribution in [0.3, 0.4) is 0 Å². The number of ether oxygens (including phenoxy) is 1. The Morgan fingerprint density at radius 2 is 2.20 bits per heavy atom. The normalized spacial score (nSPS) is 23.7. The fourth-order valence-electron chi connectivity index (χ4n) is 2.79. The molecule has 2 unspecified atom stereocenters. The van der Waals surface area contributed by atoms with E-state index in [9.17, 15) is 14.6 Å². The number of morpholine rings is 1. The van der Waals surface area contributed by atoms with Crippen molar-refractivity contribution in [1.82, 2.24) is 0 Å². The van der Waals surface area contributed by atoms with Crippen molar-refractivity contribution in [3.05, 3.63) is 29.6 Å². The third kappa shape index (κ3) is 3.11. The predicted molar refractivity (Wildman–Crippen MR) is 75.3 cm³/mol. The highest BCUT2D eigenvalue weighted by Crippen LogP contribution is 2.33. The Bertz CT molecular complexity index is 476. The molecule has 0 saturated carbocycles. The van der Waals surface area contributed by atoms with E-state index in [0.717, 1.165) is 0 Å². The molecular weight excluding hydrogens is 261 g/mol. The van der Waals surface area contributed by atoms with Gasteiger partial charge in [0, 0.05) is 24.3 Å². The average Bonchev–Trinajstić information content (AvgIpc) is 2.36. The van der Waals surface area contributed by atoms with E-state index >= 15 is 0 Å². The standard InChI is InChI=1S/C15H22FNO3/c1-10(19)14-12(16)5-4-6-13(14)17-7-11(8-18)20-15(2,3)9-17/h4-6,10-11,18-19H,7-9H2,1-3H3. The van der Waals surface area contributed by atoms with Gasteiger partial charge in [-0.1, -0.05) is 6.07 Å². The summed E-state index contributed by atoms with van der Waals surface area (Å²) in [5.41, 5.74) is 0.519. The summed E-state index contributed by atoms with van der Waals surface area (Å²) in [5, 5.41) is 19.2. The van der Waals surface area contributed by atoms with Gasteiger partial charge in [0.1, 0.15) is 5.82 Å². The molecule has 1 aromatic carbocycles. The number of hydrogen-bond acceptors (Lipinski definition) is 4. The van der Waals surface area contributed by atoms with E-state index < -0.39 is 17.5 Å². The first kappa shape index (κ1) is 15.2. The van der Waals surface area contributed by atoms with Gasteiger partial charge < -0.3 is 19.8 Å². The lowest BCUT2D eigenvalue weighted by Crippen LogP contribution is -2.54. The summed E-state index contributed by atoms with van der Waals surface area (Å²) in [6, 6.07) is 4.77. The first-order chi connectivity index (χ1) is 9.34. The lowest BCUT2D eigenvalue weighted by molar-refractivity contribution is -0.101. The van der Waals surface area contributed by atoms with Crippen molar-refractivity contribution >= 4 is 5.69 Å². The minimum Gasteiger partial charge on any atom is -0.394 e. The van der Waals surface area contributed by atoms with Gasteiger partial charge in [0.25, 0.3) is 0 Å². The van der Waals surface area contributed by atoms with Gasteiger partial charge >= 0.3 is 0 Å². The van der Waals surface area contributed by atoms with Gasteiger partial charge in [0.2, 0.25) is 0 Å². The highest BCUT2D eigenvalue weighted by Gasteiger charge is 2.34. The molecule has 4 nitrogen and oxygen atoms in total. The molecule has 1 heterocycles. The molecule has 5 heteroatoms. The van der Waals surface area contributed by atoms with Crippen molar-refractivity contribution in [1.29, 1.82) is 0 Å². The Hall–Kier alpha value is -1.17. The molecule has 0 spiro atoms. The predicted octanol–water partition coefficient (Wildman–Crippen LogP) is 1.86. The molecule has 1 fully saturated rings. The van der Waals surface area contributed by atoms with Crippen molar-refractivity contribution in [2.24, 2.45) is 0 Å². The molecule has 2 rings (SSSR count). The summed E-state index contributed by atoms with van der Waals surface area (Å²) in [4.78, 5) is 1.97. The van der Waals surface area contributed by atoms with Crippen molar-refractivity contribution < 1.29 is 19.3 Å². The molecule has 20 heavy (non-hydrogen) atoms. The summed E-state index contributed by atoms with van der Waals surface area (Å²) in [6.07, 6.45) is -1.20. The van der Waals surface area contributed by atoms with Crippen LogP contribution in [0.5, 0.6) is 0 Å². The Morgan fingerprint density at radius 1 is 1.50 bits per heavy atom. The monoisotopic (exact) mass is 283 g/mol. The van der Waals surface area contributed by atoms with Gasteiger partial charge in [-0.2, -0.15) is 0 Å². The zero-order valence-corrected chi connectivity index (χ0v) is 12.1. The molecule has 0 aromatic heterocycles. The van der Waals surface area contributed by atoms with Crippen LogP contribution in [0.2, 0.25) is 0 Å². The highest BCUT2D eigenvalue weighted by molar-refractivity contribution is 5.56. The fourth-order valence-corrected chi connectivity index (χ4v) is 2.79. The molecule has 1 aliphatic rings. The number of nitrogens with zero attached hydrogens (tertiary/aromatic N) is 1. The molecule has 0 aliphatic carbocycles. The van der Waals surface area contributed by atoms with Crippen LogP contribution in [0.15, 0.2) is 18.2 Å². The first-order valence-corrected chi connectivity index (χ1v) is 6.84. The summed E-state index contributed by atoms with van der Waals surface area (Å²) in [6.45, 7) is 6.39. The Morgan fingerprint density at radius 3 is 2.80 bits per heavy atom. The van der Waals surface area contributed by atoms with E-state index in [-0.39, 0.29) is 12.7 Å². The second-order valence-corrected chi connectivity index (χ2v) is 5.91. The number of hydrogen-bond donors (Lipinski definition) is 2. The Balaban J connectivity index is 2.38.